The van der Waals surface area contributed by atoms with Gasteiger partial charge in [-0.15, -0.1) is 11.3 Å². The average Bonchev–Trinajstić information content (AvgIpc) is 2.94. The summed E-state index contributed by atoms with van der Waals surface area (Å²) in [7, 11) is 0. The Bertz CT molecular complexity index is 581. The number of halogens is 3. The first-order valence-corrected chi connectivity index (χ1v) is 6.34. The van der Waals surface area contributed by atoms with Crippen LogP contribution in [-0.2, 0) is 17.9 Å². The molecule has 110 valence electrons. The third-order valence-electron chi connectivity index (χ3n) is 2.17. The Morgan fingerprint density at radius 2 is 2.10 bits per heavy atom. The first kappa shape index (κ1) is 14.9. The van der Waals surface area contributed by atoms with Gasteiger partial charge in [0.1, 0.15) is 23.1 Å². The van der Waals surface area contributed by atoms with Crippen molar-refractivity contribution in [1.29, 1.82) is 0 Å². The minimum Gasteiger partial charge on any atom is -0.364 e. The van der Waals surface area contributed by atoms with Gasteiger partial charge in [-0.2, -0.15) is 18.2 Å². The molecule has 10 heteroatoms. The SMILES string of the molecule is Cc1nc(CN)sc1-c1nc(COCC(F)(F)F)no1. The van der Waals surface area contributed by atoms with Crippen molar-refractivity contribution < 1.29 is 22.4 Å². The van der Waals surface area contributed by atoms with E-state index in [2.05, 4.69) is 19.9 Å². The lowest BCUT2D eigenvalue weighted by Crippen LogP contribution is -2.16. The molecule has 0 amide bonds. The molecule has 0 saturated heterocycles. The monoisotopic (exact) mass is 308 g/mol. The minimum atomic E-state index is -4.38. The first-order valence-electron chi connectivity index (χ1n) is 5.53. The number of hydrogen-bond donors (Lipinski definition) is 1. The Balaban J connectivity index is 2.03. The van der Waals surface area contributed by atoms with Crippen molar-refractivity contribution in [2.45, 2.75) is 26.3 Å². The maximum atomic E-state index is 11.9. The maximum Gasteiger partial charge on any atom is 0.411 e. The van der Waals surface area contributed by atoms with Gasteiger partial charge in [-0.05, 0) is 6.92 Å². The highest BCUT2D eigenvalue weighted by Crippen LogP contribution is 2.28. The fourth-order valence-corrected chi connectivity index (χ4v) is 2.27. The molecule has 2 N–H and O–H groups in total. The summed E-state index contributed by atoms with van der Waals surface area (Å²) in [4.78, 5) is 8.82. The van der Waals surface area contributed by atoms with Crippen LogP contribution in [0.5, 0.6) is 0 Å². The van der Waals surface area contributed by atoms with Crippen LogP contribution in [0.2, 0.25) is 0 Å². The van der Waals surface area contributed by atoms with Gasteiger partial charge in [0.25, 0.3) is 5.89 Å². The normalized spacial score (nSPS) is 12.1. The predicted octanol–water partition coefficient (Wildman–Crippen LogP) is 2.04. The van der Waals surface area contributed by atoms with Gasteiger partial charge >= 0.3 is 6.18 Å². The number of aryl methyl sites for hydroxylation is 1. The summed E-state index contributed by atoms with van der Waals surface area (Å²) in [6, 6.07) is 0. The Labute approximate surface area is 115 Å². The molecule has 0 unspecified atom stereocenters. The van der Waals surface area contributed by atoms with E-state index < -0.39 is 12.8 Å². The van der Waals surface area contributed by atoms with Crippen LogP contribution in [-0.4, -0.2) is 27.9 Å². The topological polar surface area (TPSA) is 87.1 Å². The molecule has 0 saturated carbocycles. The standard InChI is InChI=1S/C10H11F3N4O2S/c1-5-8(20-7(2-14)15-5)9-16-6(17-19-9)3-18-4-10(11,12)13/h2-4,14H2,1H3. The minimum absolute atomic E-state index is 0.0475. The zero-order valence-corrected chi connectivity index (χ0v) is 11.2. The van der Waals surface area contributed by atoms with Crippen LogP contribution in [0.15, 0.2) is 4.52 Å². The van der Waals surface area contributed by atoms with Crippen LogP contribution < -0.4 is 5.73 Å². The lowest BCUT2D eigenvalue weighted by molar-refractivity contribution is -0.177. The molecule has 6 nitrogen and oxygen atoms in total. The third kappa shape index (κ3) is 3.74. The second kappa shape index (κ2) is 5.85. The number of rotatable bonds is 5. The van der Waals surface area contributed by atoms with Crippen molar-refractivity contribution in [3.63, 3.8) is 0 Å². The molecule has 0 radical (unpaired) electrons. The van der Waals surface area contributed by atoms with Gasteiger partial charge < -0.3 is 15.0 Å². The van der Waals surface area contributed by atoms with E-state index in [0.717, 1.165) is 0 Å². The molecule has 0 aliphatic rings. The smallest absolute Gasteiger partial charge is 0.364 e. The lowest BCUT2D eigenvalue weighted by atomic mass is 10.4. The van der Waals surface area contributed by atoms with Crippen molar-refractivity contribution in [1.82, 2.24) is 15.1 Å². The molecule has 0 atom stereocenters. The summed E-state index contributed by atoms with van der Waals surface area (Å²) in [6.07, 6.45) is -4.38. The van der Waals surface area contributed by atoms with Gasteiger partial charge in [0.15, 0.2) is 5.82 Å². The first-order chi connectivity index (χ1) is 9.39. The summed E-state index contributed by atoms with van der Waals surface area (Å²) in [5.74, 6) is 0.247. The molecule has 0 bridgehead atoms. The Morgan fingerprint density at radius 3 is 2.70 bits per heavy atom. The van der Waals surface area contributed by atoms with E-state index >= 15 is 0 Å². The van der Waals surface area contributed by atoms with Crippen molar-refractivity contribution in [2.75, 3.05) is 6.61 Å². The number of nitrogens with zero attached hydrogens (tertiary/aromatic N) is 3. The number of nitrogens with two attached hydrogens (primary N) is 1. The van der Waals surface area contributed by atoms with Crippen LogP contribution in [0.25, 0.3) is 10.8 Å². The Hall–Kier alpha value is -1.52. The number of alkyl halides is 3. The highest BCUT2D eigenvalue weighted by molar-refractivity contribution is 7.15. The average molecular weight is 308 g/mol. The maximum absolute atomic E-state index is 11.9. The molecule has 2 aromatic rings. The third-order valence-corrected chi connectivity index (χ3v) is 3.34. The van der Waals surface area contributed by atoms with Gasteiger partial charge in [-0.1, -0.05) is 5.16 Å². The van der Waals surface area contributed by atoms with Gasteiger partial charge in [-0.3, -0.25) is 0 Å². The summed E-state index contributed by atoms with van der Waals surface area (Å²) in [6.45, 7) is 0.328. The van der Waals surface area contributed by atoms with Crippen LogP contribution in [0.4, 0.5) is 13.2 Å². The molecular weight excluding hydrogens is 297 g/mol. The highest BCUT2D eigenvalue weighted by atomic mass is 32.1. The van der Waals surface area contributed by atoms with Crippen molar-refractivity contribution in [3.05, 3.63) is 16.5 Å². The van der Waals surface area contributed by atoms with Crippen LogP contribution >= 0.6 is 11.3 Å². The zero-order chi connectivity index (χ0) is 14.8. The van der Waals surface area contributed by atoms with E-state index in [1.54, 1.807) is 6.92 Å². The molecule has 0 spiro atoms. The van der Waals surface area contributed by atoms with Crippen LogP contribution in [0.3, 0.4) is 0 Å². The Morgan fingerprint density at radius 1 is 1.35 bits per heavy atom. The second-order valence-corrected chi connectivity index (χ2v) is 4.93. The van der Waals surface area contributed by atoms with Gasteiger partial charge in [0.2, 0.25) is 0 Å². The fraction of sp³-hybridized carbons (Fsp3) is 0.500. The molecule has 0 aliphatic carbocycles. The zero-order valence-electron chi connectivity index (χ0n) is 10.4. The molecule has 2 aromatic heterocycles. The lowest BCUT2D eigenvalue weighted by Gasteiger charge is -2.04. The summed E-state index contributed by atoms with van der Waals surface area (Å²) in [5, 5.41) is 4.27. The molecule has 0 aliphatic heterocycles. The van der Waals surface area contributed by atoms with Crippen molar-refractivity contribution in [3.8, 4) is 10.8 Å². The molecule has 0 aromatic carbocycles. The van der Waals surface area contributed by atoms with Gasteiger partial charge in [0, 0.05) is 6.54 Å². The molecule has 2 heterocycles. The second-order valence-electron chi connectivity index (χ2n) is 3.85. The van der Waals surface area contributed by atoms with E-state index in [1.807, 2.05) is 0 Å². The largest absolute Gasteiger partial charge is 0.411 e. The van der Waals surface area contributed by atoms with E-state index in [4.69, 9.17) is 10.3 Å². The number of aromatic nitrogens is 3. The number of ether oxygens (including phenoxy) is 1. The van der Waals surface area contributed by atoms with E-state index in [1.165, 1.54) is 11.3 Å². The van der Waals surface area contributed by atoms with Gasteiger partial charge in [0.05, 0.1) is 5.69 Å². The van der Waals surface area contributed by atoms with Crippen LogP contribution in [0.1, 0.15) is 16.5 Å². The van der Waals surface area contributed by atoms with E-state index in [0.29, 0.717) is 22.1 Å². The van der Waals surface area contributed by atoms with Crippen molar-refractivity contribution >= 4 is 11.3 Å². The summed E-state index contributed by atoms with van der Waals surface area (Å²) < 4.78 is 45.2. The summed E-state index contributed by atoms with van der Waals surface area (Å²) in [5.41, 5.74) is 6.16. The summed E-state index contributed by atoms with van der Waals surface area (Å²) >= 11 is 1.30. The van der Waals surface area contributed by atoms with E-state index in [-0.39, 0.29) is 18.3 Å². The Kier molecular flexibility index (Phi) is 4.35. The molecule has 0 fully saturated rings. The number of hydrogen-bond acceptors (Lipinski definition) is 7. The van der Waals surface area contributed by atoms with Gasteiger partial charge in [-0.25, -0.2) is 4.98 Å². The molecular formula is C10H11F3N4O2S. The molecule has 2 rings (SSSR count). The quantitative estimate of drug-likeness (QED) is 0.909. The van der Waals surface area contributed by atoms with Crippen molar-refractivity contribution in [2.24, 2.45) is 5.73 Å². The predicted molar refractivity (Wildman–Crippen MR) is 63.7 cm³/mol. The van der Waals surface area contributed by atoms with E-state index in [9.17, 15) is 13.2 Å². The van der Waals surface area contributed by atoms with Crippen LogP contribution in [0, 0.1) is 6.92 Å². The highest BCUT2D eigenvalue weighted by Gasteiger charge is 2.27. The fourth-order valence-electron chi connectivity index (χ4n) is 1.40. The molecule has 20 heavy (non-hydrogen) atoms. The number of thiazole rings is 1.